The Hall–Kier alpha value is -1.48. The second-order valence-electron chi connectivity index (χ2n) is 4.72. The predicted octanol–water partition coefficient (Wildman–Crippen LogP) is -1.08. The Kier molecular flexibility index (Phi) is 4.39. The van der Waals surface area contributed by atoms with Crippen molar-refractivity contribution in [3.8, 4) is 0 Å². The van der Waals surface area contributed by atoms with Gasteiger partial charge in [0.25, 0.3) is 0 Å². The first-order valence-corrected chi connectivity index (χ1v) is 7.65. The highest BCUT2D eigenvalue weighted by atomic mass is 32.2. The highest BCUT2D eigenvalue weighted by molar-refractivity contribution is 7.89. The van der Waals surface area contributed by atoms with Gasteiger partial charge >= 0.3 is 0 Å². The van der Waals surface area contributed by atoms with Crippen molar-refractivity contribution in [2.45, 2.75) is 17.5 Å². The second-order valence-corrected chi connectivity index (χ2v) is 6.28. The molecule has 1 aromatic rings. The minimum Gasteiger partial charge on any atom is -0.379 e. The summed E-state index contributed by atoms with van der Waals surface area (Å²) in [5.74, 6) is -0.563. The zero-order chi connectivity index (χ0) is 14.8. The summed E-state index contributed by atoms with van der Waals surface area (Å²) in [6.45, 7) is 0.897. The predicted molar refractivity (Wildman–Crippen MR) is 71.9 cm³/mol. The third-order valence-electron chi connectivity index (χ3n) is 3.16. The maximum atomic E-state index is 11.9. The van der Waals surface area contributed by atoms with Crippen molar-refractivity contribution in [1.82, 2.24) is 5.32 Å². The zero-order valence-electron chi connectivity index (χ0n) is 10.8. The van der Waals surface area contributed by atoms with Crippen LogP contribution in [-0.2, 0) is 26.1 Å². The van der Waals surface area contributed by atoms with Gasteiger partial charge in [0, 0.05) is 12.6 Å². The van der Waals surface area contributed by atoms with E-state index in [-0.39, 0.29) is 29.3 Å². The third kappa shape index (κ3) is 3.54. The van der Waals surface area contributed by atoms with Gasteiger partial charge in [-0.15, -0.1) is 0 Å². The van der Waals surface area contributed by atoms with Crippen molar-refractivity contribution in [1.29, 1.82) is 0 Å². The van der Waals surface area contributed by atoms with E-state index in [2.05, 4.69) is 5.32 Å². The Morgan fingerprint density at radius 1 is 1.40 bits per heavy atom. The van der Waals surface area contributed by atoms with Crippen molar-refractivity contribution >= 4 is 15.9 Å². The van der Waals surface area contributed by atoms with Crippen LogP contribution in [0.5, 0.6) is 0 Å². The molecule has 110 valence electrons. The highest BCUT2D eigenvalue weighted by Crippen LogP contribution is 2.13. The fourth-order valence-electron chi connectivity index (χ4n) is 1.99. The Morgan fingerprint density at radius 2 is 2.15 bits per heavy atom. The number of amides is 1. The molecule has 8 heteroatoms. The molecule has 1 saturated heterocycles. The van der Waals surface area contributed by atoms with Crippen LogP contribution in [0.2, 0.25) is 0 Å². The lowest BCUT2D eigenvalue weighted by molar-refractivity contribution is -0.125. The summed E-state index contributed by atoms with van der Waals surface area (Å²) < 4.78 is 27.6. The molecule has 1 aliphatic heterocycles. The topological polar surface area (TPSA) is 125 Å². The van der Waals surface area contributed by atoms with Gasteiger partial charge in [-0.05, 0) is 17.7 Å². The number of primary sulfonamides is 1. The van der Waals surface area contributed by atoms with E-state index in [1.165, 1.54) is 12.1 Å². The molecule has 0 bridgehead atoms. The molecule has 0 radical (unpaired) electrons. The smallest absolute Gasteiger partial charge is 0.238 e. The molecule has 2 unspecified atom stereocenters. The molecule has 0 saturated carbocycles. The number of nitrogens with one attached hydrogen (secondary N) is 1. The number of hydrogen-bond acceptors (Lipinski definition) is 5. The van der Waals surface area contributed by atoms with Crippen LogP contribution in [0.3, 0.4) is 0 Å². The lowest BCUT2D eigenvalue weighted by atomic mass is 10.0. The molecular weight excluding hydrogens is 282 g/mol. The first kappa shape index (κ1) is 14.9. The average molecular weight is 299 g/mol. The maximum absolute atomic E-state index is 11.9. The van der Waals surface area contributed by atoms with E-state index in [0.717, 1.165) is 0 Å². The number of carbonyl (C=O) groups is 1. The molecule has 0 aromatic heterocycles. The molecule has 0 spiro atoms. The quantitative estimate of drug-likeness (QED) is 0.652. The number of sulfonamides is 1. The number of rotatable bonds is 4. The SMILES string of the molecule is NC1COCC1C(=O)NCc1cccc(S(N)(=O)=O)c1. The molecule has 2 atom stereocenters. The van der Waals surface area contributed by atoms with Gasteiger partial charge in [-0.3, -0.25) is 4.79 Å². The molecule has 1 heterocycles. The molecule has 2 rings (SSSR count). The third-order valence-corrected chi connectivity index (χ3v) is 4.07. The van der Waals surface area contributed by atoms with E-state index in [9.17, 15) is 13.2 Å². The van der Waals surface area contributed by atoms with Gasteiger partial charge in [-0.2, -0.15) is 0 Å². The highest BCUT2D eigenvalue weighted by Gasteiger charge is 2.30. The molecule has 1 aromatic carbocycles. The first-order chi connectivity index (χ1) is 9.38. The largest absolute Gasteiger partial charge is 0.379 e. The van der Waals surface area contributed by atoms with Crippen LogP contribution in [0.1, 0.15) is 5.56 Å². The fraction of sp³-hybridized carbons (Fsp3) is 0.417. The Labute approximate surface area is 117 Å². The molecule has 0 aliphatic carbocycles. The van der Waals surface area contributed by atoms with Crippen molar-refractivity contribution in [2.24, 2.45) is 16.8 Å². The van der Waals surface area contributed by atoms with E-state index in [0.29, 0.717) is 18.8 Å². The van der Waals surface area contributed by atoms with E-state index in [1.807, 2.05) is 0 Å². The lowest BCUT2D eigenvalue weighted by Crippen LogP contribution is -2.40. The number of hydrogen-bond donors (Lipinski definition) is 3. The van der Waals surface area contributed by atoms with Crippen molar-refractivity contribution in [3.05, 3.63) is 29.8 Å². The Bertz CT molecular complexity index is 602. The summed E-state index contributed by atoms with van der Waals surface area (Å²) in [6, 6.07) is 5.82. The molecule has 1 amide bonds. The molecule has 7 nitrogen and oxygen atoms in total. The Morgan fingerprint density at radius 3 is 2.75 bits per heavy atom. The first-order valence-electron chi connectivity index (χ1n) is 6.10. The van der Waals surface area contributed by atoms with Crippen molar-refractivity contribution in [2.75, 3.05) is 13.2 Å². The summed E-state index contributed by atoms with van der Waals surface area (Å²) in [5, 5.41) is 7.77. The minimum atomic E-state index is -3.74. The van der Waals surface area contributed by atoms with Gasteiger partial charge in [0.05, 0.1) is 24.0 Å². The van der Waals surface area contributed by atoms with Crippen LogP contribution in [0, 0.1) is 5.92 Å². The van der Waals surface area contributed by atoms with Gasteiger partial charge in [0.15, 0.2) is 0 Å². The summed E-state index contributed by atoms with van der Waals surface area (Å²) in [5.41, 5.74) is 6.40. The lowest BCUT2D eigenvalue weighted by Gasteiger charge is -2.13. The summed E-state index contributed by atoms with van der Waals surface area (Å²) >= 11 is 0. The number of ether oxygens (including phenoxy) is 1. The van der Waals surface area contributed by atoms with E-state index >= 15 is 0 Å². The average Bonchev–Trinajstić information content (AvgIpc) is 2.82. The fourth-order valence-corrected chi connectivity index (χ4v) is 2.58. The van der Waals surface area contributed by atoms with E-state index < -0.39 is 10.0 Å². The number of nitrogens with two attached hydrogens (primary N) is 2. The molecule has 1 fully saturated rings. The zero-order valence-corrected chi connectivity index (χ0v) is 11.6. The number of benzene rings is 1. The van der Waals surface area contributed by atoms with Crippen LogP contribution >= 0.6 is 0 Å². The van der Waals surface area contributed by atoms with Gasteiger partial charge in [0.2, 0.25) is 15.9 Å². The van der Waals surface area contributed by atoms with Crippen LogP contribution in [0.4, 0.5) is 0 Å². The second kappa shape index (κ2) is 5.88. The van der Waals surface area contributed by atoms with Gasteiger partial charge in [0.1, 0.15) is 0 Å². The van der Waals surface area contributed by atoms with E-state index in [4.69, 9.17) is 15.6 Å². The van der Waals surface area contributed by atoms with Crippen molar-refractivity contribution < 1.29 is 17.9 Å². The molecular formula is C12H17N3O4S. The summed E-state index contributed by atoms with van der Waals surface area (Å²) in [6.07, 6.45) is 0. The van der Waals surface area contributed by atoms with Gasteiger partial charge < -0.3 is 15.8 Å². The summed E-state index contributed by atoms with van der Waals surface area (Å²) in [4.78, 5) is 11.9. The van der Waals surface area contributed by atoms with Crippen LogP contribution in [0.25, 0.3) is 0 Å². The minimum absolute atomic E-state index is 0.0187. The Balaban J connectivity index is 1.99. The monoisotopic (exact) mass is 299 g/mol. The van der Waals surface area contributed by atoms with Gasteiger partial charge in [-0.25, -0.2) is 13.6 Å². The van der Waals surface area contributed by atoms with Crippen molar-refractivity contribution in [3.63, 3.8) is 0 Å². The standard InChI is InChI=1S/C12H17N3O4S/c13-11-7-19-6-10(11)12(16)15-5-8-2-1-3-9(4-8)20(14,17)18/h1-4,10-11H,5-7,13H2,(H,15,16)(H2,14,17,18). The molecule has 20 heavy (non-hydrogen) atoms. The van der Waals surface area contributed by atoms with Crippen LogP contribution in [0.15, 0.2) is 29.2 Å². The number of carbonyl (C=O) groups excluding carboxylic acids is 1. The molecule has 1 aliphatic rings. The summed E-state index contributed by atoms with van der Waals surface area (Å²) in [7, 11) is -3.74. The molecule has 5 N–H and O–H groups in total. The van der Waals surface area contributed by atoms with Gasteiger partial charge in [-0.1, -0.05) is 12.1 Å². The van der Waals surface area contributed by atoms with Crippen LogP contribution in [-0.4, -0.2) is 33.6 Å². The normalized spacial score (nSPS) is 22.7. The van der Waals surface area contributed by atoms with Crippen LogP contribution < -0.4 is 16.2 Å². The van der Waals surface area contributed by atoms with E-state index in [1.54, 1.807) is 12.1 Å². The maximum Gasteiger partial charge on any atom is 0.238 e.